The summed E-state index contributed by atoms with van der Waals surface area (Å²) in [6.45, 7) is 0. The average molecular weight is 515 g/mol. The van der Waals surface area contributed by atoms with Crippen molar-refractivity contribution in [2.24, 2.45) is 0 Å². The molecule has 0 bridgehead atoms. The van der Waals surface area contributed by atoms with Gasteiger partial charge in [-0.25, -0.2) is 4.98 Å². The number of fused-ring (bicyclic) bond motifs is 1. The molecule has 3 aromatic carbocycles. The van der Waals surface area contributed by atoms with E-state index in [1.807, 2.05) is 42.5 Å². The molecule has 0 saturated carbocycles. The van der Waals surface area contributed by atoms with Gasteiger partial charge in [0.25, 0.3) is 0 Å². The fourth-order valence-corrected chi connectivity index (χ4v) is 5.05. The molecule has 6 heteroatoms. The number of phenols is 1. The number of hydrogen-bond donors (Lipinski definition) is 1. The fraction of sp³-hybridized carbons (Fsp3) is 0. The van der Waals surface area contributed by atoms with Crippen LogP contribution >= 0.6 is 43.2 Å². The van der Waals surface area contributed by atoms with Gasteiger partial charge in [0, 0.05) is 15.6 Å². The van der Waals surface area contributed by atoms with Crippen LogP contribution in [0.1, 0.15) is 20.9 Å². The van der Waals surface area contributed by atoms with Gasteiger partial charge < -0.3 is 5.11 Å². The molecule has 0 saturated heterocycles. The first-order valence-electron chi connectivity index (χ1n) is 8.38. The Morgan fingerprint density at radius 2 is 1.71 bits per heavy atom. The lowest BCUT2D eigenvalue weighted by Gasteiger charge is -2.07. The van der Waals surface area contributed by atoms with Crippen LogP contribution in [0.2, 0.25) is 0 Å². The Hall–Kier alpha value is -2.28. The quantitative estimate of drug-likeness (QED) is 0.237. The number of nitrogens with zero attached hydrogens (tertiary/aromatic N) is 1. The van der Waals surface area contributed by atoms with Crippen molar-refractivity contribution in [3.8, 4) is 5.75 Å². The van der Waals surface area contributed by atoms with Crippen molar-refractivity contribution in [2.45, 2.75) is 0 Å². The predicted molar refractivity (Wildman–Crippen MR) is 122 cm³/mol. The highest BCUT2D eigenvalue weighted by molar-refractivity contribution is 9.11. The van der Waals surface area contributed by atoms with E-state index in [4.69, 9.17) is 0 Å². The van der Waals surface area contributed by atoms with E-state index >= 15 is 0 Å². The number of rotatable bonds is 4. The number of allylic oxidation sites excluding steroid dienone is 1. The second-order valence-corrected chi connectivity index (χ2v) is 8.87. The number of Topliss-reactive ketones (excluding diaryl/α,β-unsaturated/α-hetero) is 1. The van der Waals surface area contributed by atoms with Gasteiger partial charge in [-0.15, -0.1) is 11.3 Å². The molecule has 138 valence electrons. The Morgan fingerprint density at radius 3 is 2.46 bits per heavy atom. The van der Waals surface area contributed by atoms with Crippen LogP contribution in [0.5, 0.6) is 5.75 Å². The van der Waals surface area contributed by atoms with Gasteiger partial charge in [-0.2, -0.15) is 0 Å². The van der Waals surface area contributed by atoms with Crippen LogP contribution in [-0.4, -0.2) is 15.9 Å². The minimum absolute atomic E-state index is 0.0719. The first-order chi connectivity index (χ1) is 13.5. The summed E-state index contributed by atoms with van der Waals surface area (Å²) in [6, 6.07) is 20.4. The molecular formula is C22H13Br2NO2S. The van der Waals surface area contributed by atoms with Crippen molar-refractivity contribution < 1.29 is 9.90 Å². The molecule has 0 aliphatic heterocycles. The lowest BCUT2D eigenvalue weighted by Crippen LogP contribution is -2.02. The Balaban J connectivity index is 1.92. The molecule has 4 aromatic rings. The number of ketones is 1. The van der Waals surface area contributed by atoms with Crippen LogP contribution in [0.3, 0.4) is 0 Å². The Labute approximate surface area is 182 Å². The molecule has 1 aromatic heterocycles. The zero-order valence-electron chi connectivity index (χ0n) is 14.4. The molecule has 0 amide bonds. The zero-order valence-corrected chi connectivity index (χ0v) is 18.4. The lowest BCUT2D eigenvalue weighted by molar-refractivity contribution is 0.105. The number of aromatic hydroxyl groups is 1. The Morgan fingerprint density at radius 1 is 1.00 bits per heavy atom. The third-order valence-electron chi connectivity index (χ3n) is 4.16. The van der Waals surface area contributed by atoms with Crippen LogP contribution in [0.15, 0.2) is 75.7 Å². The highest BCUT2D eigenvalue weighted by Gasteiger charge is 2.19. The van der Waals surface area contributed by atoms with Gasteiger partial charge in [-0.3, -0.25) is 4.79 Å². The maximum absolute atomic E-state index is 13.3. The summed E-state index contributed by atoms with van der Waals surface area (Å²) in [5, 5.41) is 11.1. The van der Waals surface area contributed by atoms with E-state index in [-0.39, 0.29) is 11.5 Å². The zero-order chi connectivity index (χ0) is 19.7. The molecule has 1 heterocycles. The number of halogens is 2. The third kappa shape index (κ3) is 3.81. The molecule has 0 atom stereocenters. The number of carbonyl (C=O) groups is 1. The van der Waals surface area contributed by atoms with E-state index in [1.54, 1.807) is 30.3 Å². The summed E-state index contributed by atoms with van der Waals surface area (Å²) in [7, 11) is 0. The molecule has 28 heavy (non-hydrogen) atoms. The highest BCUT2D eigenvalue weighted by Crippen LogP contribution is 2.36. The predicted octanol–water partition coefficient (Wildman–Crippen LogP) is 6.95. The van der Waals surface area contributed by atoms with Crippen molar-refractivity contribution in [1.82, 2.24) is 4.98 Å². The standard InChI is InChI=1S/C22H13Br2NO2S/c23-15-10-14(21(27)17(24)12-15)11-16(20(26)13-6-2-1-3-7-13)22-25-18-8-4-5-9-19(18)28-22/h1-12,27H/b16-11-. The summed E-state index contributed by atoms with van der Waals surface area (Å²) in [4.78, 5) is 18.0. The number of carbonyl (C=O) groups excluding carboxylic acids is 1. The van der Waals surface area contributed by atoms with Crippen LogP contribution < -0.4 is 0 Å². The maximum Gasteiger partial charge on any atom is 0.196 e. The lowest BCUT2D eigenvalue weighted by atomic mass is 10.0. The largest absolute Gasteiger partial charge is 0.506 e. The topological polar surface area (TPSA) is 50.2 Å². The monoisotopic (exact) mass is 513 g/mol. The SMILES string of the molecule is O=C(/C(=C/c1cc(Br)cc(Br)c1O)c1nc2ccccc2s1)c1ccccc1. The van der Waals surface area contributed by atoms with Crippen molar-refractivity contribution in [3.63, 3.8) is 0 Å². The number of aromatic nitrogens is 1. The summed E-state index contributed by atoms with van der Waals surface area (Å²) < 4.78 is 2.34. The molecule has 4 rings (SSSR count). The van der Waals surface area contributed by atoms with Gasteiger partial charge in [0.05, 0.1) is 20.3 Å². The fourth-order valence-electron chi connectivity index (χ4n) is 2.81. The average Bonchev–Trinajstić information content (AvgIpc) is 3.13. The highest BCUT2D eigenvalue weighted by atomic mass is 79.9. The molecule has 3 nitrogen and oxygen atoms in total. The number of para-hydroxylation sites is 1. The van der Waals surface area contributed by atoms with Crippen LogP contribution in [0, 0.1) is 0 Å². The molecule has 0 aliphatic carbocycles. The van der Waals surface area contributed by atoms with Crippen LogP contribution in [0.4, 0.5) is 0 Å². The first kappa shape index (κ1) is 19.1. The van der Waals surface area contributed by atoms with Crippen molar-refractivity contribution in [2.75, 3.05) is 0 Å². The van der Waals surface area contributed by atoms with E-state index < -0.39 is 0 Å². The van der Waals surface area contributed by atoms with E-state index in [0.29, 0.717) is 26.2 Å². The minimum Gasteiger partial charge on any atom is -0.506 e. The number of benzene rings is 3. The summed E-state index contributed by atoms with van der Waals surface area (Å²) in [5.74, 6) is -0.0715. The minimum atomic E-state index is -0.143. The van der Waals surface area contributed by atoms with E-state index in [1.165, 1.54) is 11.3 Å². The summed E-state index contributed by atoms with van der Waals surface area (Å²) in [5.41, 5.74) is 2.38. The smallest absolute Gasteiger partial charge is 0.196 e. The van der Waals surface area contributed by atoms with Gasteiger partial charge in [0.15, 0.2) is 5.78 Å². The van der Waals surface area contributed by atoms with Gasteiger partial charge in [-0.1, -0.05) is 58.4 Å². The van der Waals surface area contributed by atoms with Crippen LogP contribution in [0.25, 0.3) is 21.9 Å². The molecule has 0 unspecified atom stereocenters. The second kappa shape index (κ2) is 7.99. The number of hydrogen-bond acceptors (Lipinski definition) is 4. The van der Waals surface area contributed by atoms with Crippen LogP contribution in [-0.2, 0) is 0 Å². The van der Waals surface area contributed by atoms with E-state index in [9.17, 15) is 9.90 Å². The summed E-state index contributed by atoms with van der Waals surface area (Å²) >= 11 is 8.24. The normalized spacial score (nSPS) is 11.7. The second-order valence-electron chi connectivity index (χ2n) is 6.07. The Kier molecular flexibility index (Phi) is 5.44. The summed E-state index contributed by atoms with van der Waals surface area (Å²) in [6.07, 6.45) is 1.69. The third-order valence-corrected chi connectivity index (χ3v) is 6.29. The maximum atomic E-state index is 13.3. The molecule has 0 aliphatic rings. The van der Waals surface area contributed by atoms with Crippen molar-refractivity contribution >= 4 is 70.8 Å². The molecule has 1 N–H and O–H groups in total. The molecule has 0 radical (unpaired) electrons. The number of thiazole rings is 1. The Bertz CT molecular complexity index is 1180. The van der Waals surface area contributed by atoms with Gasteiger partial charge in [0.1, 0.15) is 10.8 Å². The van der Waals surface area contributed by atoms with Gasteiger partial charge in [-0.05, 0) is 46.3 Å². The molecule has 0 fully saturated rings. The van der Waals surface area contributed by atoms with Gasteiger partial charge in [0.2, 0.25) is 0 Å². The first-order valence-corrected chi connectivity index (χ1v) is 10.8. The molecule has 0 spiro atoms. The van der Waals surface area contributed by atoms with Crippen molar-refractivity contribution in [3.05, 3.63) is 91.8 Å². The van der Waals surface area contributed by atoms with E-state index in [2.05, 4.69) is 36.8 Å². The number of phenolic OH excluding ortho intramolecular Hbond substituents is 1. The van der Waals surface area contributed by atoms with E-state index in [0.717, 1.165) is 14.7 Å². The molecular weight excluding hydrogens is 502 g/mol. The van der Waals surface area contributed by atoms with Gasteiger partial charge >= 0.3 is 0 Å². The van der Waals surface area contributed by atoms with Crippen molar-refractivity contribution in [1.29, 1.82) is 0 Å².